The number of aromatic hydroxyl groups is 1. The minimum Gasteiger partial charge on any atom is -0.507 e. The lowest BCUT2D eigenvalue weighted by Crippen LogP contribution is -2.33. The summed E-state index contributed by atoms with van der Waals surface area (Å²) in [6.07, 6.45) is 10.5. The van der Waals surface area contributed by atoms with Crippen LogP contribution in [0.1, 0.15) is 30.9 Å². The maximum Gasteiger partial charge on any atom is 0.208 e. The highest BCUT2D eigenvalue weighted by Crippen LogP contribution is 2.34. The largest absolute Gasteiger partial charge is 0.507 e. The van der Waals surface area contributed by atoms with Gasteiger partial charge >= 0.3 is 0 Å². The highest BCUT2D eigenvalue weighted by atomic mass is 35.5. The Labute approximate surface area is 170 Å². The van der Waals surface area contributed by atoms with Crippen LogP contribution in [0.25, 0.3) is 10.6 Å². The first-order valence-electron chi connectivity index (χ1n) is 9.37. The van der Waals surface area contributed by atoms with Crippen LogP contribution in [0.15, 0.2) is 36.4 Å². The molecule has 0 fully saturated rings. The number of phenolic OH excluding ortho intramolecular Hbond substituents is 1. The number of hydrogen-bond acceptors (Lipinski definition) is 5. The molecule has 144 valence electrons. The van der Waals surface area contributed by atoms with Crippen LogP contribution in [0.2, 0.25) is 0 Å². The Kier molecular flexibility index (Phi) is 6.55. The number of allylic oxidation sites excluding steroid dienone is 3. The summed E-state index contributed by atoms with van der Waals surface area (Å²) in [5.74, 6) is 0.609. The van der Waals surface area contributed by atoms with Gasteiger partial charge in [-0.15, -0.1) is 21.8 Å². The van der Waals surface area contributed by atoms with Crippen LogP contribution in [0, 0.1) is 19.8 Å². The summed E-state index contributed by atoms with van der Waals surface area (Å²) < 4.78 is 0. The Morgan fingerprint density at radius 2 is 1.85 bits per heavy atom. The molecule has 1 aromatic carbocycles. The van der Waals surface area contributed by atoms with E-state index in [1.807, 2.05) is 38.1 Å². The lowest BCUT2D eigenvalue weighted by molar-refractivity contribution is 0.467. The highest BCUT2D eigenvalue weighted by Gasteiger charge is 2.22. The van der Waals surface area contributed by atoms with E-state index in [-0.39, 0.29) is 11.3 Å². The van der Waals surface area contributed by atoms with Crippen molar-refractivity contribution in [3.8, 4) is 16.3 Å². The maximum absolute atomic E-state index is 10.0. The van der Waals surface area contributed by atoms with Crippen molar-refractivity contribution in [3.63, 3.8) is 0 Å². The van der Waals surface area contributed by atoms with E-state index in [9.17, 15) is 5.11 Å². The van der Waals surface area contributed by atoms with Crippen molar-refractivity contribution in [2.45, 2.75) is 39.0 Å². The number of phenols is 1. The number of unbranched alkanes of at least 4 members (excludes halogenated alkanes) is 1. The standard InChI is InChI=1S/C21H26ClN3OS/c1-4-5-10-25(13-16-8-6-7-9-18(16)22)21-24-23-20(27-21)17-11-14(2)19(26)15(3)12-17/h6-9,11-12,16,18,26H,4-5,10,13H2,1-3H3. The summed E-state index contributed by atoms with van der Waals surface area (Å²) in [6, 6.07) is 3.93. The molecule has 1 heterocycles. The van der Waals surface area contributed by atoms with E-state index in [1.54, 1.807) is 11.3 Å². The predicted octanol–water partition coefficient (Wildman–Crippen LogP) is 5.48. The molecule has 0 radical (unpaired) electrons. The van der Waals surface area contributed by atoms with E-state index >= 15 is 0 Å². The summed E-state index contributed by atoms with van der Waals surface area (Å²) in [6.45, 7) is 7.78. The fourth-order valence-corrected chi connectivity index (χ4v) is 4.31. The van der Waals surface area contributed by atoms with Gasteiger partial charge in [0, 0.05) is 24.6 Å². The summed E-state index contributed by atoms with van der Waals surface area (Å²) in [7, 11) is 0. The van der Waals surface area contributed by atoms with Crippen molar-refractivity contribution in [1.29, 1.82) is 0 Å². The first kappa shape index (κ1) is 19.9. The summed E-state index contributed by atoms with van der Waals surface area (Å²) >= 11 is 8.07. The summed E-state index contributed by atoms with van der Waals surface area (Å²) in [4.78, 5) is 2.30. The number of aromatic nitrogens is 2. The fraction of sp³-hybridized carbons (Fsp3) is 0.429. The quantitative estimate of drug-likeness (QED) is 0.621. The van der Waals surface area contributed by atoms with Crippen LogP contribution in [-0.4, -0.2) is 33.8 Å². The smallest absolute Gasteiger partial charge is 0.208 e. The molecule has 1 aromatic heterocycles. The lowest BCUT2D eigenvalue weighted by Gasteiger charge is -2.27. The number of aryl methyl sites for hydroxylation is 2. The van der Waals surface area contributed by atoms with Gasteiger partial charge in [-0.1, -0.05) is 49.0 Å². The van der Waals surface area contributed by atoms with Crippen LogP contribution in [0.3, 0.4) is 0 Å². The lowest BCUT2D eigenvalue weighted by atomic mass is 10.00. The zero-order valence-electron chi connectivity index (χ0n) is 16.0. The predicted molar refractivity (Wildman–Crippen MR) is 115 cm³/mol. The second-order valence-corrected chi connectivity index (χ2v) is 8.49. The Hall–Kier alpha value is -1.85. The van der Waals surface area contributed by atoms with E-state index in [0.717, 1.165) is 52.8 Å². The van der Waals surface area contributed by atoms with Crippen LogP contribution < -0.4 is 4.90 Å². The van der Waals surface area contributed by atoms with Crippen LogP contribution in [-0.2, 0) is 0 Å². The van der Waals surface area contributed by atoms with E-state index < -0.39 is 0 Å². The van der Waals surface area contributed by atoms with E-state index in [4.69, 9.17) is 11.6 Å². The molecule has 27 heavy (non-hydrogen) atoms. The minimum atomic E-state index is 0.00826. The molecule has 0 spiro atoms. The van der Waals surface area contributed by atoms with Gasteiger partial charge in [-0.3, -0.25) is 0 Å². The van der Waals surface area contributed by atoms with Crippen molar-refractivity contribution < 1.29 is 5.11 Å². The van der Waals surface area contributed by atoms with Gasteiger partial charge in [-0.2, -0.15) is 0 Å². The van der Waals surface area contributed by atoms with Gasteiger partial charge in [-0.25, -0.2) is 0 Å². The molecular weight excluding hydrogens is 378 g/mol. The number of benzene rings is 1. The molecule has 0 saturated carbocycles. The monoisotopic (exact) mass is 403 g/mol. The average molecular weight is 404 g/mol. The third-order valence-electron chi connectivity index (χ3n) is 4.81. The molecule has 2 aromatic rings. The summed E-state index contributed by atoms with van der Waals surface area (Å²) in [5.41, 5.74) is 2.71. The molecule has 1 aliphatic carbocycles. The van der Waals surface area contributed by atoms with Gasteiger partial charge in [0.05, 0.1) is 5.38 Å². The van der Waals surface area contributed by atoms with Gasteiger partial charge in [-0.05, 0) is 43.5 Å². The van der Waals surface area contributed by atoms with E-state index in [0.29, 0.717) is 5.75 Å². The van der Waals surface area contributed by atoms with E-state index in [1.165, 1.54) is 0 Å². The molecule has 6 heteroatoms. The topological polar surface area (TPSA) is 49.2 Å². The van der Waals surface area contributed by atoms with Crippen molar-refractivity contribution >= 4 is 28.1 Å². The fourth-order valence-electron chi connectivity index (χ4n) is 3.20. The van der Waals surface area contributed by atoms with Crippen LogP contribution in [0.4, 0.5) is 5.13 Å². The number of alkyl halides is 1. The molecule has 2 unspecified atom stereocenters. The Bertz CT molecular complexity index is 823. The number of anilines is 1. The maximum atomic E-state index is 10.0. The summed E-state index contributed by atoms with van der Waals surface area (Å²) in [5, 5.41) is 20.7. The molecular formula is C21H26ClN3OS. The molecule has 2 atom stereocenters. The second-order valence-electron chi connectivity index (χ2n) is 7.03. The Morgan fingerprint density at radius 1 is 1.15 bits per heavy atom. The molecule has 0 aliphatic heterocycles. The third-order valence-corrected chi connectivity index (χ3v) is 6.31. The number of hydrogen-bond donors (Lipinski definition) is 1. The molecule has 0 bridgehead atoms. The zero-order chi connectivity index (χ0) is 19.4. The van der Waals surface area contributed by atoms with Gasteiger partial charge in [0.1, 0.15) is 10.8 Å². The Morgan fingerprint density at radius 3 is 2.52 bits per heavy atom. The van der Waals surface area contributed by atoms with Gasteiger partial charge in [0.2, 0.25) is 5.13 Å². The number of halogens is 1. The normalized spacial score (nSPS) is 18.8. The average Bonchev–Trinajstić information content (AvgIpc) is 3.14. The van der Waals surface area contributed by atoms with Gasteiger partial charge < -0.3 is 10.0 Å². The first-order valence-corrected chi connectivity index (χ1v) is 10.6. The third kappa shape index (κ3) is 4.71. The van der Waals surface area contributed by atoms with Crippen LogP contribution in [0.5, 0.6) is 5.75 Å². The van der Waals surface area contributed by atoms with Crippen LogP contribution >= 0.6 is 22.9 Å². The van der Waals surface area contributed by atoms with E-state index in [2.05, 4.69) is 34.2 Å². The van der Waals surface area contributed by atoms with Crippen molar-refractivity contribution in [3.05, 3.63) is 47.6 Å². The Balaban J connectivity index is 1.83. The highest BCUT2D eigenvalue weighted by molar-refractivity contribution is 7.18. The molecule has 1 N–H and O–H groups in total. The molecule has 1 aliphatic rings. The minimum absolute atomic E-state index is 0.00826. The van der Waals surface area contributed by atoms with Crippen molar-refractivity contribution in [2.24, 2.45) is 5.92 Å². The van der Waals surface area contributed by atoms with Gasteiger partial charge in [0.25, 0.3) is 0 Å². The van der Waals surface area contributed by atoms with Crippen molar-refractivity contribution in [2.75, 3.05) is 18.0 Å². The molecule has 4 nitrogen and oxygen atoms in total. The second kappa shape index (κ2) is 8.89. The number of nitrogens with zero attached hydrogens (tertiary/aromatic N) is 3. The van der Waals surface area contributed by atoms with Crippen molar-refractivity contribution in [1.82, 2.24) is 10.2 Å². The molecule has 3 rings (SSSR count). The first-order chi connectivity index (χ1) is 13.0. The van der Waals surface area contributed by atoms with Gasteiger partial charge in [0.15, 0.2) is 0 Å². The number of rotatable bonds is 7. The zero-order valence-corrected chi connectivity index (χ0v) is 17.6. The SMILES string of the molecule is CCCCN(CC1C=CC=CC1Cl)c1nnc(-c2cc(C)c(O)c(C)c2)s1. The molecule has 0 saturated heterocycles. The molecule has 0 amide bonds.